The Morgan fingerprint density at radius 2 is 1.76 bits per heavy atom. The molecule has 0 saturated carbocycles. The predicted molar refractivity (Wildman–Crippen MR) is 98.0 cm³/mol. The fourth-order valence-corrected chi connectivity index (χ4v) is 2.66. The lowest BCUT2D eigenvalue weighted by molar-refractivity contribution is -0.123. The molecule has 1 N–H and O–H groups in total. The summed E-state index contributed by atoms with van der Waals surface area (Å²) in [6.45, 7) is 1.45. The summed E-state index contributed by atoms with van der Waals surface area (Å²) in [5.74, 6) is -0.756. The molecule has 2 aromatic carbocycles. The maximum absolute atomic E-state index is 12.2. The van der Waals surface area contributed by atoms with Crippen LogP contribution in [0.4, 0.5) is 5.69 Å². The van der Waals surface area contributed by atoms with E-state index in [2.05, 4.69) is 5.32 Å². The predicted octanol–water partition coefficient (Wildman–Crippen LogP) is 4.84. The number of hydrogen-bond acceptors (Lipinski definition) is 4. The zero-order chi connectivity index (χ0) is 18.6. The van der Waals surface area contributed by atoms with E-state index in [1.165, 1.54) is 38.3 Å². The van der Waals surface area contributed by atoms with E-state index in [-0.39, 0.29) is 10.6 Å². The summed E-state index contributed by atoms with van der Waals surface area (Å²) in [4.78, 5) is 24.3. The lowest BCUT2D eigenvalue weighted by atomic mass is 10.2. The topological polar surface area (TPSA) is 64.6 Å². The first-order valence-corrected chi connectivity index (χ1v) is 8.25. The summed E-state index contributed by atoms with van der Waals surface area (Å²) >= 11 is 17.7. The summed E-state index contributed by atoms with van der Waals surface area (Å²) in [6, 6.07) is 9.12. The molecule has 0 saturated heterocycles. The molecule has 132 valence electrons. The highest BCUT2D eigenvalue weighted by atomic mass is 35.5. The van der Waals surface area contributed by atoms with Gasteiger partial charge in [-0.05, 0) is 43.3 Å². The van der Waals surface area contributed by atoms with Crippen LogP contribution in [0.25, 0.3) is 0 Å². The monoisotopic (exact) mass is 401 g/mol. The van der Waals surface area contributed by atoms with E-state index in [0.29, 0.717) is 21.5 Å². The number of halogens is 3. The van der Waals surface area contributed by atoms with Crippen molar-refractivity contribution >= 4 is 52.4 Å². The van der Waals surface area contributed by atoms with Crippen molar-refractivity contribution in [2.75, 3.05) is 12.4 Å². The highest BCUT2D eigenvalue weighted by Gasteiger charge is 2.21. The molecule has 5 nitrogen and oxygen atoms in total. The third-order valence-corrected chi connectivity index (χ3v) is 4.07. The van der Waals surface area contributed by atoms with E-state index in [4.69, 9.17) is 44.3 Å². The highest BCUT2D eigenvalue weighted by Crippen LogP contribution is 2.27. The van der Waals surface area contributed by atoms with Crippen molar-refractivity contribution in [1.82, 2.24) is 0 Å². The maximum atomic E-state index is 12.2. The minimum atomic E-state index is -1.04. The third kappa shape index (κ3) is 5.01. The Bertz CT molecular complexity index is 810. The van der Waals surface area contributed by atoms with Crippen LogP contribution in [0, 0.1) is 0 Å². The van der Waals surface area contributed by atoms with Crippen LogP contribution in [0.3, 0.4) is 0 Å². The average Bonchev–Trinajstić information content (AvgIpc) is 2.54. The van der Waals surface area contributed by atoms with Gasteiger partial charge in [-0.2, -0.15) is 0 Å². The van der Waals surface area contributed by atoms with Crippen LogP contribution >= 0.6 is 34.8 Å². The van der Waals surface area contributed by atoms with Crippen molar-refractivity contribution in [3.63, 3.8) is 0 Å². The Balaban J connectivity index is 2.02. The second-order valence-corrected chi connectivity index (χ2v) is 6.26. The number of ether oxygens (including phenoxy) is 2. The Morgan fingerprint density at radius 3 is 2.36 bits per heavy atom. The zero-order valence-corrected chi connectivity index (χ0v) is 15.6. The standard InChI is InChI=1S/C17H14Cl3NO4/c1-9(25-17(23)12-5-3-10(18)7-13(12)19)16(22)21-11-4-6-15(24-2)14(20)8-11/h3-9H,1-2H3,(H,21,22)/t9-/m0/s1. The number of esters is 1. The summed E-state index contributed by atoms with van der Waals surface area (Å²) in [5.41, 5.74) is 0.571. The molecule has 0 radical (unpaired) electrons. The first kappa shape index (κ1) is 19.4. The molecular formula is C17H14Cl3NO4. The Kier molecular flexibility index (Phi) is 6.53. The van der Waals surface area contributed by atoms with E-state index >= 15 is 0 Å². The lowest BCUT2D eigenvalue weighted by Gasteiger charge is -2.14. The van der Waals surface area contributed by atoms with Gasteiger partial charge in [0, 0.05) is 10.7 Å². The molecular weight excluding hydrogens is 389 g/mol. The Hall–Kier alpha value is -1.95. The number of rotatable bonds is 5. The molecule has 0 heterocycles. The molecule has 1 atom stereocenters. The Labute approximate surface area is 159 Å². The SMILES string of the molecule is COc1ccc(NC(=O)[C@H](C)OC(=O)c2ccc(Cl)cc2Cl)cc1Cl. The number of carbonyl (C=O) groups excluding carboxylic acids is 2. The third-order valence-electron chi connectivity index (χ3n) is 3.22. The summed E-state index contributed by atoms with van der Waals surface area (Å²) in [6.07, 6.45) is -1.04. The fraction of sp³-hybridized carbons (Fsp3) is 0.176. The van der Waals surface area contributed by atoms with Gasteiger partial charge in [0.2, 0.25) is 0 Å². The molecule has 2 rings (SSSR count). The van der Waals surface area contributed by atoms with Crippen LogP contribution in [0.15, 0.2) is 36.4 Å². The Morgan fingerprint density at radius 1 is 1.04 bits per heavy atom. The van der Waals surface area contributed by atoms with Gasteiger partial charge in [0.1, 0.15) is 5.75 Å². The van der Waals surface area contributed by atoms with Crippen LogP contribution in [0.2, 0.25) is 15.1 Å². The van der Waals surface area contributed by atoms with Gasteiger partial charge in [-0.1, -0.05) is 34.8 Å². The second kappa shape index (κ2) is 8.43. The van der Waals surface area contributed by atoms with Gasteiger partial charge in [-0.25, -0.2) is 4.79 Å². The molecule has 0 aromatic heterocycles. The van der Waals surface area contributed by atoms with Gasteiger partial charge in [0.05, 0.1) is 22.7 Å². The normalized spacial score (nSPS) is 11.6. The van der Waals surface area contributed by atoms with Crippen molar-refractivity contribution < 1.29 is 19.1 Å². The molecule has 0 aliphatic carbocycles. The first-order chi connectivity index (χ1) is 11.8. The van der Waals surface area contributed by atoms with Gasteiger partial charge in [-0.3, -0.25) is 4.79 Å². The van der Waals surface area contributed by atoms with Crippen LogP contribution in [-0.2, 0) is 9.53 Å². The lowest BCUT2D eigenvalue weighted by Crippen LogP contribution is -2.30. The van der Waals surface area contributed by atoms with Crippen LogP contribution < -0.4 is 10.1 Å². The second-order valence-electron chi connectivity index (χ2n) is 5.01. The summed E-state index contributed by atoms with van der Waals surface area (Å²) in [7, 11) is 1.49. The van der Waals surface area contributed by atoms with Gasteiger partial charge in [0.25, 0.3) is 5.91 Å². The molecule has 1 amide bonds. The molecule has 0 aliphatic heterocycles. The zero-order valence-electron chi connectivity index (χ0n) is 13.3. The van der Waals surface area contributed by atoms with Crippen molar-refractivity contribution in [2.24, 2.45) is 0 Å². The summed E-state index contributed by atoms with van der Waals surface area (Å²) < 4.78 is 10.2. The number of benzene rings is 2. The van der Waals surface area contributed by atoms with Gasteiger partial charge < -0.3 is 14.8 Å². The number of carbonyl (C=O) groups is 2. The van der Waals surface area contributed by atoms with Crippen molar-refractivity contribution in [2.45, 2.75) is 13.0 Å². The molecule has 8 heteroatoms. The van der Waals surface area contributed by atoms with Crippen LogP contribution in [0.5, 0.6) is 5.75 Å². The number of anilines is 1. The molecule has 25 heavy (non-hydrogen) atoms. The molecule has 0 unspecified atom stereocenters. The minimum Gasteiger partial charge on any atom is -0.495 e. The first-order valence-electron chi connectivity index (χ1n) is 7.12. The molecule has 2 aromatic rings. The minimum absolute atomic E-state index is 0.123. The van der Waals surface area contributed by atoms with E-state index in [9.17, 15) is 9.59 Å². The fourth-order valence-electron chi connectivity index (χ4n) is 1.92. The van der Waals surface area contributed by atoms with Crippen molar-refractivity contribution in [1.29, 1.82) is 0 Å². The number of methoxy groups -OCH3 is 1. The molecule has 0 bridgehead atoms. The van der Waals surface area contributed by atoms with E-state index in [0.717, 1.165) is 0 Å². The highest BCUT2D eigenvalue weighted by molar-refractivity contribution is 6.36. The van der Waals surface area contributed by atoms with Gasteiger partial charge in [0.15, 0.2) is 6.10 Å². The molecule has 0 fully saturated rings. The van der Waals surface area contributed by atoms with E-state index < -0.39 is 18.0 Å². The van der Waals surface area contributed by atoms with E-state index in [1.807, 2.05) is 0 Å². The average molecular weight is 403 g/mol. The number of hydrogen-bond donors (Lipinski definition) is 1. The van der Waals surface area contributed by atoms with Gasteiger partial charge >= 0.3 is 5.97 Å². The van der Waals surface area contributed by atoms with Crippen LogP contribution in [0.1, 0.15) is 17.3 Å². The van der Waals surface area contributed by atoms with Gasteiger partial charge in [-0.15, -0.1) is 0 Å². The van der Waals surface area contributed by atoms with Crippen LogP contribution in [-0.4, -0.2) is 25.1 Å². The van der Waals surface area contributed by atoms with Crippen molar-refractivity contribution in [3.8, 4) is 5.75 Å². The molecule has 0 aliphatic rings. The van der Waals surface area contributed by atoms with Crippen molar-refractivity contribution in [3.05, 3.63) is 57.0 Å². The number of nitrogens with one attached hydrogen (secondary N) is 1. The quantitative estimate of drug-likeness (QED) is 0.727. The number of amides is 1. The summed E-state index contributed by atoms with van der Waals surface area (Å²) in [5, 5.41) is 3.49. The van der Waals surface area contributed by atoms with E-state index in [1.54, 1.807) is 12.1 Å². The molecule has 0 spiro atoms. The largest absolute Gasteiger partial charge is 0.495 e. The smallest absolute Gasteiger partial charge is 0.340 e. The maximum Gasteiger partial charge on any atom is 0.340 e.